The molecule has 45 heavy (non-hydrogen) atoms. The molecule has 2 N–H and O–H groups in total. The minimum Gasteiger partial charge on any atom is -0.493 e. The first-order valence-corrected chi connectivity index (χ1v) is 16.2. The zero-order valence-corrected chi connectivity index (χ0v) is 26.7. The summed E-state index contributed by atoms with van der Waals surface area (Å²) in [6.45, 7) is 4.70. The van der Waals surface area contributed by atoms with Gasteiger partial charge in [0, 0.05) is 54.5 Å². The van der Waals surface area contributed by atoms with Crippen molar-refractivity contribution in [1.29, 1.82) is 0 Å². The molecule has 238 valence electrons. The van der Waals surface area contributed by atoms with E-state index in [1.165, 1.54) is 19.3 Å². The lowest BCUT2D eigenvalue weighted by molar-refractivity contribution is -0.0823. The first-order valence-electron chi connectivity index (χ1n) is 16.2. The Labute approximate surface area is 265 Å². The molecule has 9 heteroatoms. The number of hydrogen-bond donors (Lipinski definition) is 2. The van der Waals surface area contributed by atoms with Crippen LogP contribution in [0.3, 0.4) is 0 Å². The minimum atomic E-state index is -0.250. The van der Waals surface area contributed by atoms with Gasteiger partial charge in [-0.1, -0.05) is 13.8 Å². The molecule has 3 amide bonds. The van der Waals surface area contributed by atoms with Crippen LogP contribution in [0.25, 0.3) is 0 Å². The molecule has 6 rings (SSSR count). The largest absolute Gasteiger partial charge is 0.493 e. The summed E-state index contributed by atoms with van der Waals surface area (Å²) < 4.78 is 18.3. The molecule has 3 heterocycles. The summed E-state index contributed by atoms with van der Waals surface area (Å²) in [7, 11) is 3.75. The van der Waals surface area contributed by atoms with Crippen LogP contribution in [0.5, 0.6) is 23.0 Å². The number of rotatable bonds is 10. The number of nitrogens with one attached hydrogen (secondary N) is 2. The normalized spacial score (nSPS) is 20.6. The van der Waals surface area contributed by atoms with Gasteiger partial charge >= 0.3 is 6.03 Å². The molecular formula is C36H44N4O5. The van der Waals surface area contributed by atoms with E-state index < -0.39 is 0 Å². The van der Waals surface area contributed by atoms with Crippen LogP contribution in [0, 0.1) is 0 Å². The molecule has 0 saturated carbocycles. The van der Waals surface area contributed by atoms with E-state index in [0.717, 1.165) is 49.1 Å². The second-order valence-electron chi connectivity index (χ2n) is 12.3. The van der Waals surface area contributed by atoms with Crippen LogP contribution in [-0.4, -0.2) is 55.3 Å². The van der Waals surface area contributed by atoms with Crippen LogP contribution in [0.4, 0.5) is 16.2 Å². The third kappa shape index (κ3) is 6.31. The highest BCUT2D eigenvalue weighted by Gasteiger charge is 2.48. The van der Waals surface area contributed by atoms with Crippen molar-refractivity contribution in [3.05, 3.63) is 71.8 Å². The van der Waals surface area contributed by atoms with E-state index in [1.807, 2.05) is 61.2 Å². The molecule has 0 radical (unpaired) electrons. The zero-order chi connectivity index (χ0) is 31.6. The van der Waals surface area contributed by atoms with Crippen LogP contribution in [-0.2, 0) is 6.42 Å². The number of nitrogens with zero attached hydrogens (tertiary/aromatic N) is 2. The molecule has 3 aliphatic rings. The summed E-state index contributed by atoms with van der Waals surface area (Å²) in [4.78, 5) is 30.2. The summed E-state index contributed by atoms with van der Waals surface area (Å²) >= 11 is 0. The van der Waals surface area contributed by atoms with E-state index in [9.17, 15) is 9.59 Å². The van der Waals surface area contributed by atoms with Crippen molar-refractivity contribution in [1.82, 2.24) is 10.2 Å². The van der Waals surface area contributed by atoms with E-state index in [0.29, 0.717) is 41.1 Å². The number of ether oxygens (including phenoxy) is 3. The number of carbonyl (C=O) groups excluding carboxylic acids is 2. The smallest absolute Gasteiger partial charge is 0.319 e. The predicted octanol–water partition coefficient (Wildman–Crippen LogP) is 7.35. The van der Waals surface area contributed by atoms with E-state index in [4.69, 9.17) is 14.2 Å². The van der Waals surface area contributed by atoms with Gasteiger partial charge in [-0.3, -0.25) is 9.69 Å². The molecule has 9 nitrogen and oxygen atoms in total. The van der Waals surface area contributed by atoms with E-state index in [1.54, 1.807) is 25.3 Å². The third-order valence-corrected chi connectivity index (χ3v) is 9.73. The minimum absolute atomic E-state index is 0.0270. The van der Waals surface area contributed by atoms with Crippen molar-refractivity contribution >= 4 is 23.3 Å². The molecule has 2 saturated heterocycles. The Kier molecular flexibility index (Phi) is 8.90. The fourth-order valence-electron chi connectivity index (χ4n) is 7.02. The van der Waals surface area contributed by atoms with Gasteiger partial charge in [0.25, 0.3) is 5.91 Å². The summed E-state index contributed by atoms with van der Waals surface area (Å²) in [6.07, 6.45) is 8.21. The molecule has 0 aromatic heterocycles. The number of hydrogen-bond acceptors (Lipinski definition) is 6. The second-order valence-corrected chi connectivity index (χ2v) is 12.3. The lowest BCUT2D eigenvalue weighted by Gasteiger charge is -2.42. The number of anilines is 2. The molecule has 3 aliphatic heterocycles. The number of benzene rings is 3. The zero-order valence-electron chi connectivity index (χ0n) is 26.7. The first kappa shape index (κ1) is 30.8. The Morgan fingerprint density at radius 3 is 2.49 bits per heavy atom. The molecule has 0 aliphatic carbocycles. The Balaban J connectivity index is 1.10. The second kappa shape index (κ2) is 13.0. The Morgan fingerprint density at radius 1 is 0.956 bits per heavy atom. The van der Waals surface area contributed by atoms with Gasteiger partial charge in [-0.15, -0.1) is 0 Å². The van der Waals surface area contributed by atoms with Crippen LogP contribution < -0.4 is 29.7 Å². The molecule has 2 unspecified atom stereocenters. The average molecular weight is 613 g/mol. The fourth-order valence-corrected chi connectivity index (χ4v) is 7.02. The van der Waals surface area contributed by atoms with Crippen molar-refractivity contribution in [3.63, 3.8) is 0 Å². The van der Waals surface area contributed by atoms with E-state index >= 15 is 0 Å². The number of piperidine rings is 1. The first-order chi connectivity index (χ1) is 21.8. The van der Waals surface area contributed by atoms with Gasteiger partial charge in [-0.05, 0) is 106 Å². The fraction of sp³-hybridized carbons (Fsp3) is 0.444. The van der Waals surface area contributed by atoms with Gasteiger partial charge in [0.05, 0.1) is 7.11 Å². The maximum absolute atomic E-state index is 13.5. The van der Waals surface area contributed by atoms with Gasteiger partial charge in [0.15, 0.2) is 17.2 Å². The SMILES string of the molecule is CCC(CC)NC(=O)Nc1ccc(Oc2ccc3c(c2)CCN3C(=O)c2ccc(OC34CCCC(CC3)N4C)cc2)c(OC)c1. The summed E-state index contributed by atoms with van der Waals surface area (Å²) in [5, 5.41) is 5.84. The Hall–Kier alpha value is -4.24. The lowest BCUT2D eigenvalue weighted by atomic mass is 10.0. The van der Waals surface area contributed by atoms with Gasteiger partial charge in [0.1, 0.15) is 11.5 Å². The quantitative estimate of drug-likeness (QED) is 0.249. The molecule has 3 aromatic carbocycles. The van der Waals surface area contributed by atoms with Crippen LogP contribution >= 0.6 is 0 Å². The van der Waals surface area contributed by atoms with Crippen LogP contribution in [0.1, 0.15) is 74.7 Å². The average Bonchev–Trinajstić information content (AvgIpc) is 3.52. The number of carbonyl (C=O) groups is 2. The summed E-state index contributed by atoms with van der Waals surface area (Å²) in [5.41, 5.74) is 2.97. The number of urea groups is 1. The third-order valence-electron chi connectivity index (χ3n) is 9.73. The summed E-state index contributed by atoms with van der Waals surface area (Å²) in [6, 6.07) is 19.2. The van der Waals surface area contributed by atoms with Gasteiger partial charge < -0.3 is 29.7 Å². The number of amides is 3. The summed E-state index contributed by atoms with van der Waals surface area (Å²) in [5.74, 6) is 2.47. The van der Waals surface area contributed by atoms with Crippen LogP contribution in [0.2, 0.25) is 0 Å². The van der Waals surface area contributed by atoms with Crippen molar-refractivity contribution in [3.8, 4) is 23.0 Å². The molecule has 2 bridgehead atoms. The highest BCUT2D eigenvalue weighted by molar-refractivity contribution is 6.07. The molecule has 2 fully saturated rings. The van der Waals surface area contributed by atoms with Crippen molar-refractivity contribution in [2.24, 2.45) is 0 Å². The van der Waals surface area contributed by atoms with Crippen LogP contribution in [0.15, 0.2) is 60.7 Å². The Morgan fingerprint density at radius 2 is 1.73 bits per heavy atom. The highest BCUT2D eigenvalue weighted by Crippen LogP contribution is 2.44. The van der Waals surface area contributed by atoms with E-state index in [2.05, 4.69) is 22.6 Å². The predicted molar refractivity (Wildman–Crippen MR) is 176 cm³/mol. The van der Waals surface area contributed by atoms with Crippen molar-refractivity contribution < 1.29 is 23.8 Å². The maximum atomic E-state index is 13.5. The maximum Gasteiger partial charge on any atom is 0.319 e. The highest BCUT2D eigenvalue weighted by atomic mass is 16.5. The lowest BCUT2D eigenvalue weighted by Crippen LogP contribution is -2.51. The molecule has 2 atom stereocenters. The molecule has 3 aromatic rings. The number of methoxy groups -OCH3 is 1. The topological polar surface area (TPSA) is 92.4 Å². The Bertz CT molecular complexity index is 1530. The molecule has 0 spiro atoms. The van der Waals surface area contributed by atoms with Crippen molar-refractivity contribution in [2.75, 3.05) is 30.9 Å². The van der Waals surface area contributed by atoms with Gasteiger partial charge in [-0.25, -0.2) is 4.79 Å². The number of fused-ring (bicyclic) bond motifs is 3. The van der Waals surface area contributed by atoms with Gasteiger partial charge in [0.2, 0.25) is 0 Å². The van der Waals surface area contributed by atoms with Crippen molar-refractivity contribution in [2.45, 2.75) is 83.0 Å². The molecular weight excluding hydrogens is 568 g/mol. The standard InChI is InChI=1S/C36H44N4O5/c1-5-26(6-2)37-35(42)38-27-11-16-32(33(23-27)43-4)44-30-14-15-31-25(22-30)18-21-40(31)34(41)24-9-12-29(13-10-24)45-36-19-7-8-28(17-20-36)39(36)3/h9-16,22-23,26,28H,5-8,17-21H2,1-4H3,(H2,37,38,42). The van der Waals surface area contributed by atoms with E-state index in [-0.39, 0.29) is 23.7 Å². The monoisotopic (exact) mass is 612 g/mol. The van der Waals surface area contributed by atoms with Gasteiger partial charge in [-0.2, -0.15) is 0 Å².